The summed E-state index contributed by atoms with van der Waals surface area (Å²) in [5.41, 5.74) is -0.540. The van der Waals surface area contributed by atoms with Crippen LogP contribution in [0.3, 0.4) is 0 Å². The Kier molecular flexibility index (Phi) is 3.96. The first kappa shape index (κ1) is 13.3. The van der Waals surface area contributed by atoms with Crippen molar-refractivity contribution in [2.24, 2.45) is 0 Å². The summed E-state index contributed by atoms with van der Waals surface area (Å²) in [7, 11) is 0. The molecule has 0 radical (unpaired) electrons. The van der Waals surface area contributed by atoms with Crippen LogP contribution in [0.4, 0.5) is 5.69 Å². The van der Waals surface area contributed by atoms with Gasteiger partial charge in [0.15, 0.2) is 0 Å². The third-order valence-corrected chi connectivity index (χ3v) is 2.90. The monoisotopic (exact) mass is 323 g/mol. The summed E-state index contributed by atoms with van der Waals surface area (Å²) in [6, 6.07) is 8.16. The van der Waals surface area contributed by atoms with Crippen molar-refractivity contribution in [2.75, 3.05) is 5.32 Å². The number of H-pyrrole nitrogens is 1. The number of aromatic amines is 1. The molecule has 1 heterocycles. The molecule has 0 aliphatic carbocycles. The topological polar surface area (TPSA) is 84.0 Å². The number of nitrogens with one attached hydrogen (secondary N) is 2. The van der Waals surface area contributed by atoms with Gasteiger partial charge in [0, 0.05) is 22.4 Å². The van der Waals surface area contributed by atoms with E-state index in [4.69, 9.17) is 0 Å². The van der Waals surface area contributed by atoms with Crippen molar-refractivity contribution in [1.29, 1.82) is 0 Å². The number of anilines is 1. The Morgan fingerprint density at radius 2 is 1.89 bits per heavy atom. The van der Waals surface area contributed by atoms with Crippen molar-refractivity contribution in [3.8, 4) is 0 Å². The van der Waals surface area contributed by atoms with Crippen LogP contribution in [0.2, 0.25) is 0 Å². The number of carbonyl (C=O) groups is 1. The smallest absolute Gasteiger partial charge is 0.325 e. The minimum atomic E-state index is -0.613. The highest BCUT2D eigenvalue weighted by Gasteiger charge is 2.07. The normalized spacial score (nSPS) is 10.2. The predicted molar refractivity (Wildman–Crippen MR) is 74.1 cm³/mol. The van der Waals surface area contributed by atoms with Crippen molar-refractivity contribution in [3.63, 3.8) is 0 Å². The lowest BCUT2D eigenvalue weighted by atomic mass is 10.3. The summed E-state index contributed by atoms with van der Waals surface area (Å²) in [5, 5.41) is 2.60. The van der Waals surface area contributed by atoms with Gasteiger partial charge in [0.05, 0.1) is 0 Å². The second-order valence-electron chi connectivity index (χ2n) is 3.76. The van der Waals surface area contributed by atoms with E-state index in [9.17, 15) is 14.4 Å². The average Bonchev–Trinajstić information content (AvgIpc) is 2.37. The van der Waals surface area contributed by atoms with Gasteiger partial charge < -0.3 is 10.3 Å². The Hall–Kier alpha value is -2.15. The Morgan fingerprint density at radius 3 is 2.53 bits per heavy atom. The first-order valence-corrected chi connectivity index (χ1v) is 6.19. The van der Waals surface area contributed by atoms with E-state index in [2.05, 4.69) is 26.2 Å². The second-order valence-corrected chi connectivity index (χ2v) is 4.68. The standard InChI is InChI=1S/C12H10BrN3O3/c13-8-1-3-9(4-2-8)15-10(17)7-16-11(18)5-6-14-12(16)19/h1-6H,7H2,(H,14,19)(H,15,17). The van der Waals surface area contributed by atoms with E-state index < -0.39 is 17.2 Å². The first-order chi connectivity index (χ1) is 9.06. The van der Waals surface area contributed by atoms with Gasteiger partial charge in [0.1, 0.15) is 6.54 Å². The molecule has 19 heavy (non-hydrogen) atoms. The lowest BCUT2D eigenvalue weighted by molar-refractivity contribution is -0.116. The minimum Gasteiger partial charge on any atom is -0.325 e. The van der Waals surface area contributed by atoms with E-state index in [0.717, 1.165) is 9.04 Å². The summed E-state index contributed by atoms with van der Waals surface area (Å²) in [6.45, 7) is -0.328. The Morgan fingerprint density at radius 1 is 1.21 bits per heavy atom. The van der Waals surface area contributed by atoms with Gasteiger partial charge in [-0.25, -0.2) is 4.79 Å². The number of carbonyl (C=O) groups excluding carboxylic acids is 1. The number of halogens is 1. The number of hydrogen-bond acceptors (Lipinski definition) is 3. The quantitative estimate of drug-likeness (QED) is 0.881. The maximum absolute atomic E-state index is 11.7. The van der Waals surface area contributed by atoms with Gasteiger partial charge in [0.25, 0.3) is 5.56 Å². The fraction of sp³-hybridized carbons (Fsp3) is 0.0833. The molecule has 7 heteroatoms. The van der Waals surface area contributed by atoms with Crippen LogP contribution in [0.25, 0.3) is 0 Å². The molecule has 0 aliphatic heterocycles. The van der Waals surface area contributed by atoms with E-state index in [1.165, 1.54) is 12.3 Å². The van der Waals surface area contributed by atoms with Crippen molar-refractivity contribution in [3.05, 3.63) is 61.8 Å². The highest BCUT2D eigenvalue weighted by Crippen LogP contribution is 2.13. The third kappa shape index (κ3) is 3.41. The molecule has 0 fully saturated rings. The van der Waals surface area contributed by atoms with Crippen LogP contribution < -0.4 is 16.6 Å². The summed E-state index contributed by atoms with van der Waals surface area (Å²) in [4.78, 5) is 36.9. The molecule has 0 bridgehead atoms. The molecule has 0 unspecified atom stereocenters. The lowest BCUT2D eigenvalue weighted by Crippen LogP contribution is -2.37. The molecule has 0 aliphatic rings. The molecule has 0 atom stereocenters. The molecule has 0 spiro atoms. The maximum atomic E-state index is 11.7. The molecular formula is C12H10BrN3O3. The first-order valence-electron chi connectivity index (χ1n) is 5.40. The van der Waals surface area contributed by atoms with Crippen molar-refractivity contribution in [1.82, 2.24) is 9.55 Å². The molecule has 6 nitrogen and oxygen atoms in total. The fourth-order valence-electron chi connectivity index (χ4n) is 1.48. The van der Waals surface area contributed by atoms with Gasteiger partial charge in [-0.3, -0.25) is 14.2 Å². The van der Waals surface area contributed by atoms with Crippen LogP contribution in [0, 0.1) is 0 Å². The van der Waals surface area contributed by atoms with Crippen LogP contribution in [0.1, 0.15) is 0 Å². The fourth-order valence-corrected chi connectivity index (χ4v) is 1.74. The minimum absolute atomic E-state index is 0.328. The second kappa shape index (κ2) is 5.66. The van der Waals surface area contributed by atoms with Crippen LogP contribution in [-0.4, -0.2) is 15.5 Å². The van der Waals surface area contributed by atoms with Crippen LogP contribution >= 0.6 is 15.9 Å². The zero-order valence-corrected chi connectivity index (χ0v) is 11.3. The molecule has 98 valence electrons. The zero-order chi connectivity index (χ0) is 13.8. The van der Waals surface area contributed by atoms with Crippen LogP contribution in [-0.2, 0) is 11.3 Å². The summed E-state index contributed by atoms with van der Waals surface area (Å²) >= 11 is 3.28. The number of hydrogen-bond donors (Lipinski definition) is 2. The summed E-state index contributed by atoms with van der Waals surface area (Å²) in [5.74, 6) is -0.443. The molecule has 1 aromatic carbocycles. The number of aromatic nitrogens is 2. The van der Waals surface area contributed by atoms with Gasteiger partial charge >= 0.3 is 5.69 Å². The van der Waals surface area contributed by atoms with E-state index in [0.29, 0.717) is 5.69 Å². The van der Waals surface area contributed by atoms with Gasteiger partial charge in [-0.2, -0.15) is 0 Å². The molecule has 2 aromatic rings. The van der Waals surface area contributed by atoms with Gasteiger partial charge in [-0.15, -0.1) is 0 Å². The molecule has 1 aromatic heterocycles. The van der Waals surface area contributed by atoms with Crippen molar-refractivity contribution < 1.29 is 4.79 Å². The Bertz CT molecular complexity index is 675. The van der Waals surface area contributed by atoms with Gasteiger partial charge in [-0.1, -0.05) is 15.9 Å². The highest BCUT2D eigenvalue weighted by molar-refractivity contribution is 9.10. The van der Waals surface area contributed by atoms with Gasteiger partial charge in [-0.05, 0) is 24.3 Å². The molecular weight excluding hydrogens is 314 g/mol. The highest BCUT2D eigenvalue weighted by atomic mass is 79.9. The van der Waals surface area contributed by atoms with E-state index in [1.807, 2.05) is 0 Å². The molecule has 1 amide bonds. The lowest BCUT2D eigenvalue weighted by Gasteiger charge is -2.06. The van der Waals surface area contributed by atoms with E-state index in [1.54, 1.807) is 24.3 Å². The van der Waals surface area contributed by atoms with Gasteiger partial charge in [0.2, 0.25) is 5.91 Å². The molecule has 2 rings (SSSR count). The third-order valence-electron chi connectivity index (χ3n) is 2.37. The largest absolute Gasteiger partial charge is 0.328 e. The SMILES string of the molecule is O=C(Cn1c(=O)cc[nH]c1=O)Nc1ccc(Br)cc1. The van der Waals surface area contributed by atoms with Crippen molar-refractivity contribution >= 4 is 27.5 Å². The molecule has 2 N–H and O–H groups in total. The number of nitrogens with zero attached hydrogens (tertiary/aromatic N) is 1. The Labute approximate surface area is 116 Å². The summed E-state index contributed by atoms with van der Waals surface area (Å²) < 4.78 is 1.72. The average molecular weight is 324 g/mol. The number of rotatable bonds is 3. The summed E-state index contributed by atoms with van der Waals surface area (Å²) in [6.07, 6.45) is 1.24. The zero-order valence-electron chi connectivity index (χ0n) is 9.72. The van der Waals surface area contributed by atoms with Crippen LogP contribution in [0.15, 0.2) is 50.6 Å². The van der Waals surface area contributed by atoms with Crippen molar-refractivity contribution in [2.45, 2.75) is 6.54 Å². The van der Waals surface area contributed by atoms with Crippen LogP contribution in [0.5, 0.6) is 0 Å². The maximum Gasteiger partial charge on any atom is 0.328 e. The Balaban J connectivity index is 2.12. The number of benzene rings is 1. The molecule has 0 saturated carbocycles. The van der Waals surface area contributed by atoms with E-state index in [-0.39, 0.29) is 6.54 Å². The predicted octanol–water partition coefficient (Wildman–Crippen LogP) is 0.938. The van der Waals surface area contributed by atoms with E-state index >= 15 is 0 Å². The molecule has 0 saturated heterocycles. The number of amides is 1.